The van der Waals surface area contributed by atoms with Gasteiger partial charge in [-0.1, -0.05) is 6.07 Å². The van der Waals surface area contributed by atoms with E-state index in [4.69, 9.17) is 10.5 Å². The van der Waals surface area contributed by atoms with Crippen molar-refractivity contribution in [1.29, 1.82) is 0 Å². The predicted molar refractivity (Wildman–Crippen MR) is 80.9 cm³/mol. The van der Waals surface area contributed by atoms with Crippen LogP contribution in [-0.4, -0.2) is 36.9 Å². The third-order valence-corrected chi connectivity index (χ3v) is 5.56. The first-order chi connectivity index (χ1) is 9.75. The summed E-state index contributed by atoms with van der Waals surface area (Å²) in [5.74, 6) is 0.320. The maximum atomic E-state index is 11.9. The minimum absolute atomic E-state index is 0.0147. The molecule has 1 aromatic carbocycles. The van der Waals surface area contributed by atoms with E-state index in [0.717, 1.165) is 11.9 Å². The molecule has 0 radical (unpaired) electrons. The number of para-hydroxylation sites is 1. The molecule has 3 rings (SSSR count). The van der Waals surface area contributed by atoms with Crippen LogP contribution in [0.15, 0.2) is 23.1 Å². The van der Waals surface area contributed by atoms with Crippen molar-refractivity contribution in [2.75, 3.05) is 18.6 Å². The number of hydrogen-bond acceptors (Lipinski definition) is 5. The quantitative estimate of drug-likeness (QED) is 0.909. The van der Waals surface area contributed by atoms with Gasteiger partial charge in [0.2, 0.25) is 5.95 Å². The van der Waals surface area contributed by atoms with Crippen molar-refractivity contribution in [3.8, 4) is 0 Å². The van der Waals surface area contributed by atoms with Crippen LogP contribution < -0.4 is 5.73 Å². The lowest BCUT2D eigenvalue weighted by Gasteiger charge is -2.31. The molecule has 0 bridgehead atoms. The maximum absolute atomic E-state index is 11.9. The Morgan fingerprint density at radius 1 is 1.48 bits per heavy atom. The first-order valence-electron chi connectivity index (χ1n) is 6.84. The highest BCUT2D eigenvalue weighted by Gasteiger charge is 2.41. The average molecular weight is 309 g/mol. The maximum Gasteiger partial charge on any atom is 0.201 e. The number of imidazole rings is 1. The Hall–Kier alpha value is -1.60. The molecule has 2 unspecified atom stereocenters. The van der Waals surface area contributed by atoms with Crippen molar-refractivity contribution in [1.82, 2.24) is 9.55 Å². The first kappa shape index (κ1) is 14.3. The zero-order valence-electron chi connectivity index (χ0n) is 12.3. The number of fused-ring (bicyclic) bond motifs is 1. The molecule has 2 atom stereocenters. The van der Waals surface area contributed by atoms with Gasteiger partial charge in [0.1, 0.15) is 5.52 Å². The minimum Gasteiger partial charge on any atom is -0.376 e. The van der Waals surface area contributed by atoms with E-state index < -0.39 is 9.84 Å². The zero-order valence-corrected chi connectivity index (χ0v) is 13.1. The van der Waals surface area contributed by atoms with Crippen molar-refractivity contribution < 1.29 is 13.2 Å². The molecule has 2 aromatic rings. The molecule has 114 valence electrons. The van der Waals surface area contributed by atoms with Crippen LogP contribution in [0.2, 0.25) is 0 Å². The van der Waals surface area contributed by atoms with Crippen LogP contribution in [0, 0.1) is 0 Å². The molecule has 6 nitrogen and oxygen atoms in total. The number of ether oxygens (including phenoxy) is 1. The number of nitrogens with two attached hydrogens (primary N) is 1. The molecule has 2 N–H and O–H groups in total. The van der Waals surface area contributed by atoms with Crippen LogP contribution in [0.1, 0.15) is 20.3 Å². The van der Waals surface area contributed by atoms with Gasteiger partial charge in [0.15, 0.2) is 9.84 Å². The summed E-state index contributed by atoms with van der Waals surface area (Å²) in [5, 5.41) is 0. The van der Waals surface area contributed by atoms with Gasteiger partial charge in [-0.3, -0.25) is 0 Å². The van der Waals surface area contributed by atoms with Gasteiger partial charge in [-0.25, -0.2) is 13.4 Å². The lowest BCUT2D eigenvalue weighted by atomic mass is 9.94. The molecule has 7 heteroatoms. The van der Waals surface area contributed by atoms with Gasteiger partial charge < -0.3 is 15.0 Å². The van der Waals surface area contributed by atoms with Crippen molar-refractivity contribution in [2.45, 2.75) is 36.8 Å². The highest BCUT2D eigenvalue weighted by molar-refractivity contribution is 7.91. The number of rotatable bonds is 2. The summed E-state index contributed by atoms with van der Waals surface area (Å²) in [6.07, 6.45) is 1.98. The highest BCUT2D eigenvalue weighted by atomic mass is 32.2. The molecule has 0 spiro atoms. The molecular weight excluding hydrogens is 290 g/mol. The van der Waals surface area contributed by atoms with Crippen molar-refractivity contribution >= 4 is 26.8 Å². The van der Waals surface area contributed by atoms with E-state index in [9.17, 15) is 8.42 Å². The molecule has 0 saturated carbocycles. The second-order valence-electron chi connectivity index (χ2n) is 5.82. The highest BCUT2D eigenvalue weighted by Crippen LogP contribution is 2.38. The fourth-order valence-electron chi connectivity index (χ4n) is 3.05. The number of anilines is 1. The van der Waals surface area contributed by atoms with Crippen molar-refractivity contribution in [2.24, 2.45) is 0 Å². The Bertz CT molecular complexity index is 812. The lowest BCUT2D eigenvalue weighted by molar-refractivity contribution is 0.0783. The van der Waals surface area contributed by atoms with Crippen LogP contribution in [-0.2, 0) is 20.1 Å². The van der Waals surface area contributed by atoms with E-state index in [0.29, 0.717) is 18.1 Å². The molecular formula is C14H19N3O3S. The van der Waals surface area contributed by atoms with Crippen molar-refractivity contribution in [3.05, 3.63) is 18.2 Å². The van der Waals surface area contributed by atoms with Gasteiger partial charge >= 0.3 is 0 Å². The van der Waals surface area contributed by atoms with Crippen LogP contribution in [0.5, 0.6) is 0 Å². The Balaban J connectivity index is 2.34. The SMILES string of the molecule is CC1OCCC1(C)n1c(N)nc2c(S(C)(=O)=O)cccc21. The van der Waals surface area contributed by atoms with Gasteiger partial charge in [-0.2, -0.15) is 0 Å². The molecule has 1 aliphatic heterocycles. The molecule has 1 saturated heterocycles. The van der Waals surface area contributed by atoms with Crippen LogP contribution >= 0.6 is 0 Å². The van der Waals surface area contributed by atoms with E-state index in [1.54, 1.807) is 12.1 Å². The topological polar surface area (TPSA) is 87.2 Å². The summed E-state index contributed by atoms with van der Waals surface area (Å²) >= 11 is 0. The van der Waals surface area contributed by atoms with Crippen molar-refractivity contribution in [3.63, 3.8) is 0 Å². The van der Waals surface area contributed by atoms with Crippen LogP contribution in [0.4, 0.5) is 5.95 Å². The summed E-state index contributed by atoms with van der Waals surface area (Å²) in [4.78, 5) is 4.52. The van der Waals surface area contributed by atoms with Gasteiger partial charge in [0.25, 0.3) is 0 Å². The largest absolute Gasteiger partial charge is 0.376 e. The summed E-state index contributed by atoms with van der Waals surface area (Å²) < 4.78 is 31.4. The standard InChI is InChI=1S/C14H19N3O3S/c1-9-14(2,7-8-20-9)17-10-5-4-6-11(21(3,18)19)12(10)16-13(17)15/h4-6,9H,7-8H2,1-3H3,(H2,15,16). The minimum atomic E-state index is -3.35. The Kier molecular flexibility index (Phi) is 3.04. The lowest BCUT2D eigenvalue weighted by Crippen LogP contribution is -2.37. The monoisotopic (exact) mass is 309 g/mol. The van der Waals surface area contributed by atoms with Crippen LogP contribution in [0.25, 0.3) is 11.0 Å². The molecule has 0 amide bonds. The summed E-state index contributed by atoms with van der Waals surface area (Å²) in [6.45, 7) is 4.72. The van der Waals surface area contributed by atoms with Gasteiger partial charge in [0.05, 0.1) is 22.1 Å². The number of sulfone groups is 1. The van der Waals surface area contributed by atoms with Gasteiger partial charge in [-0.15, -0.1) is 0 Å². The first-order valence-corrected chi connectivity index (χ1v) is 8.73. The summed E-state index contributed by atoms with van der Waals surface area (Å²) in [5.41, 5.74) is 6.93. The van der Waals surface area contributed by atoms with Gasteiger partial charge in [0, 0.05) is 12.9 Å². The molecule has 2 heterocycles. The third-order valence-electron chi connectivity index (χ3n) is 4.44. The summed E-state index contributed by atoms with van der Waals surface area (Å²) in [6, 6.07) is 5.13. The second kappa shape index (κ2) is 4.45. The predicted octanol–water partition coefficient (Wildman–Crippen LogP) is 1.55. The number of nitrogen functional groups attached to an aromatic ring is 1. The van der Waals surface area contributed by atoms with E-state index in [1.165, 1.54) is 6.26 Å². The smallest absolute Gasteiger partial charge is 0.201 e. The normalized spacial score (nSPS) is 26.5. The number of nitrogens with zero attached hydrogens (tertiary/aromatic N) is 2. The number of benzene rings is 1. The molecule has 0 aliphatic carbocycles. The van der Waals surface area contributed by atoms with E-state index in [1.807, 2.05) is 17.6 Å². The Labute approximate surface area is 123 Å². The average Bonchev–Trinajstić information content (AvgIpc) is 2.88. The second-order valence-corrected chi connectivity index (χ2v) is 7.81. The Morgan fingerprint density at radius 3 is 2.76 bits per heavy atom. The Morgan fingerprint density at radius 2 is 2.19 bits per heavy atom. The summed E-state index contributed by atoms with van der Waals surface area (Å²) in [7, 11) is -3.35. The fourth-order valence-corrected chi connectivity index (χ4v) is 3.87. The van der Waals surface area contributed by atoms with E-state index in [2.05, 4.69) is 11.9 Å². The van der Waals surface area contributed by atoms with Crippen LogP contribution in [0.3, 0.4) is 0 Å². The molecule has 1 aliphatic rings. The van der Waals surface area contributed by atoms with E-state index >= 15 is 0 Å². The zero-order chi connectivity index (χ0) is 15.4. The van der Waals surface area contributed by atoms with Gasteiger partial charge in [-0.05, 0) is 32.4 Å². The number of aromatic nitrogens is 2. The molecule has 21 heavy (non-hydrogen) atoms. The molecule has 1 fully saturated rings. The van der Waals surface area contributed by atoms with E-state index in [-0.39, 0.29) is 16.5 Å². The molecule has 1 aromatic heterocycles. The third kappa shape index (κ3) is 2.03. The fraction of sp³-hybridized carbons (Fsp3) is 0.500. The number of hydrogen-bond donors (Lipinski definition) is 1.